The Morgan fingerprint density at radius 3 is 2.76 bits per heavy atom. The van der Waals surface area contributed by atoms with E-state index in [1.165, 1.54) is 25.3 Å². The van der Waals surface area contributed by atoms with Crippen LogP contribution in [0.15, 0.2) is 36.4 Å². The number of phenols is 1. The number of hydrogen-bond acceptors (Lipinski definition) is 4. The van der Waals surface area contributed by atoms with Gasteiger partial charge in [0.1, 0.15) is 17.3 Å². The van der Waals surface area contributed by atoms with Crippen molar-refractivity contribution in [1.29, 1.82) is 0 Å². The number of nitrogens with one attached hydrogen (secondary N) is 1. The fourth-order valence-corrected chi connectivity index (χ4v) is 1.85. The maximum Gasteiger partial charge on any atom is 0.251 e. The number of ether oxygens (including phenoxy) is 1. The molecule has 0 heterocycles. The average molecular weight is 290 g/mol. The van der Waals surface area contributed by atoms with Crippen LogP contribution in [0.25, 0.3) is 0 Å². The molecule has 4 N–H and O–H groups in total. The second-order valence-electron chi connectivity index (χ2n) is 4.41. The van der Waals surface area contributed by atoms with Gasteiger partial charge in [0, 0.05) is 17.8 Å². The molecule has 0 radical (unpaired) electrons. The number of primary amides is 1. The second kappa shape index (κ2) is 6.13. The van der Waals surface area contributed by atoms with Crippen LogP contribution in [0.3, 0.4) is 0 Å². The van der Waals surface area contributed by atoms with Gasteiger partial charge in [-0.15, -0.1) is 0 Å². The quantitative estimate of drug-likeness (QED) is 0.788. The summed E-state index contributed by atoms with van der Waals surface area (Å²) < 4.78 is 18.4. The van der Waals surface area contributed by atoms with Gasteiger partial charge in [0.05, 0.1) is 12.7 Å². The fourth-order valence-electron chi connectivity index (χ4n) is 1.85. The molecule has 0 saturated heterocycles. The van der Waals surface area contributed by atoms with Gasteiger partial charge >= 0.3 is 0 Å². The minimum absolute atomic E-state index is 0.112. The van der Waals surface area contributed by atoms with Crippen LogP contribution in [0.2, 0.25) is 0 Å². The number of methoxy groups -OCH3 is 1. The lowest BCUT2D eigenvalue weighted by atomic mass is 10.1. The van der Waals surface area contributed by atoms with Gasteiger partial charge in [-0.1, -0.05) is 0 Å². The molecule has 110 valence electrons. The highest BCUT2D eigenvalue weighted by Gasteiger charge is 2.09. The van der Waals surface area contributed by atoms with Gasteiger partial charge in [-0.05, 0) is 36.4 Å². The Balaban J connectivity index is 2.16. The van der Waals surface area contributed by atoms with Crippen LogP contribution in [-0.4, -0.2) is 18.1 Å². The Labute approximate surface area is 121 Å². The fraction of sp³-hybridized carbons (Fsp3) is 0.133. The maximum atomic E-state index is 13.4. The summed E-state index contributed by atoms with van der Waals surface area (Å²) in [5.41, 5.74) is 6.04. The lowest BCUT2D eigenvalue weighted by Crippen LogP contribution is -2.13. The molecule has 0 aliphatic carbocycles. The summed E-state index contributed by atoms with van der Waals surface area (Å²) in [7, 11) is 1.53. The molecule has 2 rings (SSSR count). The van der Waals surface area contributed by atoms with Crippen molar-refractivity contribution in [1.82, 2.24) is 0 Å². The van der Waals surface area contributed by atoms with Crippen LogP contribution in [0.4, 0.5) is 10.1 Å². The molecule has 2 aromatic rings. The molecular formula is C15H15FN2O3. The first-order chi connectivity index (χ1) is 10.0. The highest BCUT2D eigenvalue weighted by molar-refractivity contribution is 5.94. The Morgan fingerprint density at radius 1 is 1.33 bits per heavy atom. The van der Waals surface area contributed by atoms with Crippen LogP contribution in [0.5, 0.6) is 11.5 Å². The molecule has 0 spiro atoms. The van der Waals surface area contributed by atoms with Crippen LogP contribution < -0.4 is 15.8 Å². The topological polar surface area (TPSA) is 84.6 Å². The SMILES string of the molecule is COc1ccc(O)c(CNc2ccc(F)c(C(N)=O)c2)c1. The number of aromatic hydroxyl groups is 1. The molecule has 0 bridgehead atoms. The zero-order valence-electron chi connectivity index (χ0n) is 11.4. The largest absolute Gasteiger partial charge is 0.508 e. The van der Waals surface area contributed by atoms with Crippen molar-refractivity contribution in [2.24, 2.45) is 5.73 Å². The van der Waals surface area contributed by atoms with Crippen molar-refractivity contribution in [2.45, 2.75) is 6.54 Å². The molecule has 6 heteroatoms. The van der Waals surface area contributed by atoms with Crippen molar-refractivity contribution in [3.63, 3.8) is 0 Å². The predicted molar refractivity (Wildman–Crippen MR) is 76.9 cm³/mol. The minimum Gasteiger partial charge on any atom is -0.508 e. The number of halogens is 1. The number of phenolic OH excluding ortho intramolecular Hbond substituents is 1. The average Bonchev–Trinajstić information content (AvgIpc) is 2.47. The molecule has 1 amide bonds. The van der Waals surface area contributed by atoms with Gasteiger partial charge in [-0.3, -0.25) is 4.79 Å². The Morgan fingerprint density at radius 2 is 2.10 bits per heavy atom. The molecule has 0 aliphatic heterocycles. The molecule has 5 nitrogen and oxygen atoms in total. The number of benzene rings is 2. The van der Waals surface area contributed by atoms with Gasteiger partial charge in [-0.2, -0.15) is 0 Å². The molecule has 0 aromatic heterocycles. The van der Waals surface area contributed by atoms with E-state index in [1.54, 1.807) is 12.1 Å². The first kappa shape index (κ1) is 14.6. The van der Waals surface area contributed by atoms with Crippen molar-refractivity contribution in [3.8, 4) is 11.5 Å². The van der Waals surface area contributed by atoms with E-state index < -0.39 is 11.7 Å². The summed E-state index contributed by atoms with van der Waals surface area (Å²) in [4.78, 5) is 11.1. The van der Waals surface area contributed by atoms with E-state index in [9.17, 15) is 14.3 Å². The summed E-state index contributed by atoms with van der Waals surface area (Å²) >= 11 is 0. The van der Waals surface area contributed by atoms with E-state index in [0.717, 1.165) is 6.07 Å². The molecule has 0 saturated carbocycles. The number of amides is 1. The van der Waals surface area contributed by atoms with Gasteiger partial charge in [0.25, 0.3) is 5.91 Å². The van der Waals surface area contributed by atoms with E-state index in [2.05, 4.69) is 5.32 Å². The standard InChI is InChI=1S/C15H15FN2O3/c1-21-11-3-5-14(19)9(6-11)8-18-10-2-4-13(16)12(7-10)15(17)20/h2-7,18-19H,8H2,1H3,(H2,17,20). The smallest absolute Gasteiger partial charge is 0.251 e. The van der Waals surface area contributed by atoms with E-state index >= 15 is 0 Å². The second-order valence-corrected chi connectivity index (χ2v) is 4.41. The summed E-state index contributed by atoms with van der Waals surface area (Å²) in [5, 5.41) is 12.8. The Kier molecular flexibility index (Phi) is 4.27. The number of anilines is 1. The Bertz CT molecular complexity index is 674. The summed E-state index contributed by atoms with van der Waals surface area (Å²) in [5.74, 6) is -0.778. The third kappa shape index (κ3) is 3.42. The van der Waals surface area contributed by atoms with Crippen LogP contribution in [-0.2, 0) is 6.54 Å². The maximum absolute atomic E-state index is 13.4. The van der Waals surface area contributed by atoms with E-state index in [4.69, 9.17) is 10.5 Å². The van der Waals surface area contributed by atoms with E-state index in [1.807, 2.05) is 0 Å². The first-order valence-electron chi connectivity index (χ1n) is 6.20. The van der Waals surface area contributed by atoms with Gasteiger partial charge in [-0.25, -0.2) is 4.39 Å². The summed E-state index contributed by atoms with van der Waals surface area (Å²) in [6.45, 7) is 0.285. The highest BCUT2D eigenvalue weighted by atomic mass is 19.1. The van der Waals surface area contributed by atoms with E-state index in [0.29, 0.717) is 17.0 Å². The monoisotopic (exact) mass is 290 g/mol. The summed E-state index contributed by atoms with van der Waals surface area (Å²) in [6, 6.07) is 8.82. The van der Waals surface area contributed by atoms with Gasteiger partial charge in [0.2, 0.25) is 0 Å². The van der Waals surface area contributed by atoms with Gasteiger partial charge < -0.3 is 20.9 Å². The van der Waals surface area contributed by atoms with Crippen molar-refractivity contribution < 1.29 is 19.0 Å². The third-order valence-corrected chi connectivity index (χ3v) is 3.00. The molecule has 2 aromatic carbocycles. The third-order valence-electron chi connectivity index (χ3n) is 3.00. The molecule has 21 heavy (non-hydrogen) atoms. The minimum atomic E-state index is -0.833. The lowest BCUT2D eigenvalue weighted by Gasteiger charge is -2.10. The number of carbonyl (C=O) groups is 1. The number of hydrogen-bond donors (Lipinski definition) is 3. The predicted octanol–water partition coefficient (Wildman–Crippen LogP) is 2.25. The number of rotatable bonds is 5. The first-order valence-corrected chi connectivity index (χ1v) is 6.20. The zero-order valence-corrected chi connectivity index (χ0v) is 11.4. The summed E-state index contributed by atoms with van der Waals surface area (Å²) in [6.07, 6.45) is 0. The molecule has 0 fully saturated rings. The van der Waals surface area contributed by atoms with Crippen molar-refractivity contribution >= 4 is 11.6 Å². The number of nitrogens with two attached hydrogens (primary N) is 1. The number of carbonyl (C=O) groups excluding carboxylic acids is 1. The Hall–Kier alpha value is -2.76. The van der Waals surface area contributed by atoms with Crippen molar-refractivity contribution in [3.05, 3.63) is 53.3 Å². The van der Waals surface area contributed by atoms with Crippen LogP contribution in [0.1, 0.15) is 15.9 Å². The van der Waals surface area contributed by atoms with Crippen molar-refractivity contribution in [2.75, 3.05) is 12.4 Å². The molecule has 0 unspecified atom stereocenters. The molecule has 0 aliphatic rings. The van der Waals surface area contributed by atoms with Crippen LogP contribution >= 0.6 is 0 Å². The van der Waals surface area contributed by atoms with Gasteiger partial charge in [0.15, 0.2) is 0 Å². The lowest BCUT2D eigenvalue weighted by molar-refractivity contribution is 0.0996. The van der Waals surface area contributed by atoms with Crippen LogP contribution in [0, 0.1) is 5.82 Å². The molecule has 0 atom stereocenters. The molecular weight excluding hydrogens is 275 g/mol. The van der Waals surface area contributed by atoms with E-state index in [-0.39, 0.29) is 17.9 Å². The zero-order chi connectivity index (χ0) is 15.4. The normalized spacial score (nSPS) is 10.2. The highest BCUT2D eigenvalue weighted by Crippen LogP contribution is 2.24.